The lowest BCUT2D eigenvalue weighted by Gasteiger charge is -2.31. The average Bonchev–Trinajstić information content (AvgIpc) is 3.74. The van der Waals surface area contributed by atoms with Crippen LogP contribution in [-0.4, -0.2) is 71.6 Å². The van der Waals surface area contributed by atoms with Crippen molar-refractivity contribution in [2.24, 2.45) is 0 Å². The fourth-order valence-corrected chi connectivity index (χ4v) is 8.17. The zero-order valence-electron chi connectivity index (χ0n) is 23.9. The van der Waals surface area contributed by atoms with E-state index in [4.69, 9.17) is 26.8 Å². The maximum Gasteiger partial charge on any atom is 0.419 e. The van der Waals surface area contributed by atoms with Crippen molar-refractivity contribution in [3.05, 3.63) is 40.2 Å². The van der Waals surface area contributed by atoms with Crippen LogP contribution < -0.4 is 20.5 Å². The highest BCUT2D eigenvalue weighted by Crippen LogP contribution is 2.50. The smallest absolute Gasteiger partial charge is 0.419 e. The third-order valence-corrected chi connectivity index (χ3v) is 10.3. The summed E-state index contributed by atoms with van der Waals surface area (Å²) in [6.45, 7) is 0.847. The molecule has 3 fully saturated rings. The van der Waals surface area contributed by atoms with Gasteiger partial charge in [0.05, 0.1) is 32.3 Å². The van der Waals surface area contributed by atoms with Gasteiger partial charge >= 0.3 is 12.2 Å². The van der Waals surface area contributed by atoms with Crippen molar-refractivity contribution >= 4 is 48.9 Å². The Kier molecular flexibility index (Phi) is 7.62. The molecule has 2 aromatic carbocycles. The van der Waals surface area contributed by atoms with E-state index < -0.39 is 63.7 Å². The molecule has 3 aliphatic heterocycles. The SMILES string of the molecule is N#Cc1c(N)sc2c(F)ccc(-c3c(Cl)cc4c(OC5CNCC5F)nc(OCC56CCCN5CC(F)C6)nc4c3C(F)(F)F)c12. The van der Waals surface area contributed by atoms with Gasteiger partial charge in [0.2, 0.25) is 5.88 Å². The van der Waals surface area contributed by atoms with Gasteiger partial charge in [-0.05, 0) is 37.1 Å². The summed E-state index contributed by atoms with van der Waals surface area (Å²) in [6, 6.07) is 4.61. The highest BCUT2D eigenvalue weighted by molar-refractivity contribution is 7.23. The average molecular weight is 683 g/mol. The van der Waals surface area contributed by atoms with Gasteiger partial charge in [0, 0.05) is 42.0 Å². The number of fused-ring (bicyclic) bond motifs is 3. The van der Waals surface area contributed by atoms with Gasteiger partial charge in [0.15, 0.2) is 6.17 Å². The van der Waals surface area contributed by atoms with E-state index in [0.717, 1.165) is 36.0 Å². The largest absolute Gasteiger partial charge is 0.469 e. The molecular weight excluding hydrogens is 658 g/mol. The fraction of sp³-hybridized carbons (Fsp3) is 0.433. The monoisotopic (exact) mass is 682 g/mol. The first kappa shape index (κ1) is 31.0. The van der Waals surface area contributed by atoms with Gasteiger partial charge < -0.3 is 20.5 Å². The molecular formula is C30H25ClF6N6O2S. The topological polar surface area (TPSA) is 109 Å². The van der Waals surface area contributed by atoms with Crippen LogP contribution in [0.1, 0.15) is 30.4 Å². The molecule has 16 heteroatoms. The molecule has 0 radical (unpaired) electrons. The van der Waals surface area contributed by atoms with E-state index in [1.807, 2.05) is 11.0 Å². The second kappa shape index (κ2) is 11.3. The summed E-state index contributed by atoms with van der Waals surface area (Å²) in [7, 11) is 0. The molecule has 8 nitrogen and oxygen atoms in total. The maximum absolute atomic E-state index is 15.2. The van der Waals surface area contributed by atoms with E-state index in [-0.39, 0.29) is 70.1 Å². The Labute approximate surface area is 267 Å². The van der Waals surface area contributed by atoms with Crippen LogP contribution in [0.2, 0.25) is 5.02 Å². The Morgan fingerprint density at radius 2 is 2.04 bits per heavy atom. The first-order valence-corrected chi connectivity index (χ1v) is 15.7. The highest BCUT2D eigenvalue weighted by Gasteiger charge is 2.49. The minimum atomic E-state index is -5.11. The number of nitrogens with two attached hydrogens (primary N) is 1. The third kappa shape index (κ3) is 5.06. The van der Waals surface area contributed by atoms with Crippen LogP contribution in [0.4, 0.5) is 31.3 Å². The fourth-order valence-electron chi connectivity index (χ4n) is 6.92. The molecule has 0 amide bonds. The lowest BCUT2D eigenvalue weighted by atomic mass is 9.92. The standard InChI is InChI=1S/C30H25ClF6N6O2S/c31-17-6-15-24(23(30(35,36)37)22(17)14-2-3-18(33)25-21(14)16(8-38)26(39)46-25)41-28(42-27(15)45-20-10-40-9-19(20)34)44-12-29-4-1-5-43(29)11-13(32)7-29/h2-3,6,13,19-20,40H,1,4-5,7,9-12,39H2. The predicted molar refractivity (Wildman–Crippen MR) is 160 cm³/mol. The molecule has 0 aliphatic carbocycles. The number of nitrogens with one attached hydrogen (secondary N) is 1. The second-order valence-corrected chi connectivity index (χ2v) is 13.2. The number of hydrogen-bond donors (Lipinski definition) is 2. The molecule has 0 bridgehead atoms. The molecule has 5 heterocycles. The van der Waals surface area contributed by atoms with Crippen LogP contribution in [-0.2, 0) is 6.18 Å². The first-order valence-electron chi connectivity index (χ1n) is 14.5. The van der Waals surface area contributed by atoms with Crippen molar-refractivity contribution in [2.75, 3.05) is 38.5 Å². The van der Waals surface area contributed by atoms with Crippen molar-refractivity contribution < 1.29 is 35.8 Å². The molecule has 4 aromatic rings. The lowest BCUT2D eigenvalue weighted by Crippen LogP contribution is -2.43. The van der Waals surface area contributed by atoms with E-state index in [9.17, 15) is 18.4 Å². The number of benzene rings is 2. The summed E-state index contributed by atoms with van der Waals surface area (Å²) in [5.74, 6) is -1.16. The molecule has 3 N–H and O–H groups in total. The molecule has 242 valence electrons. The Morgan fingerprint density at radius 3 is 2.76 bits per heavy atom. The molecule has 0 saturated carbocycles. The summed E-state index contributed by atoms with van der Waals surface area (Å²) in [5, 5.41) is 11.7. The predicted octanol–water partition coefficient (Wildman–Crippen LogP) is 6.42. The zero-order valence-corrected chi connectivity index (χ0v) is 25.4. The number of nitrogen functional groups attached to an aromatic ring is 1. The number of anilines is 1. The second-order valence-electron chi connectivity index (χ2n) is 11.8. The molecule has 4 unspecified atom stereocenters. The number of nitrogens with zero attached hydrogens (tertiary/aromatic N) is 4. The molecule has 7 rings (SSSR count). The number of alkyl halides is 5. The maximum atomic E-state index is 15.2. The number of rotatable bonds is 6. The summed E-state index contributed by atoms with van der Waals surface area (Å²) >= 11 is 7.32. The normalized spacial score (nSPS) is 25.0. The van der Waals surface area contributed by atoms with Gasteiger partial charge in [-0.3, -0.25) is 4.90 Å². The third-order valence-electron chi connectivity index (χ3n) is 8.95. The van der Waals surface area contributed by atoms with Gasteiger partial charge in [0.25, 0.3) is 0 Å². The number of hydrogen-bond acceptors (Lipinski definition) is 9. The first-order chi connectivity index (χ1) is 21.9. The summed E-state index contributed by atoms with van der Waals surface area (Å²) in [6.07, 6.45) is -7.11. The number of nitriles is 1. The Morgan fingerprint density at radius 1 is 1.24 bits per heavy atom. The lowest BCUT2D eigenvalue weighted by molar-refractivity contribution is -0.135. The van der Waals surface area contributed by atoms with Gasteiger partial charge in [-0.2, -0.15) is 28.4 Å². The van der Waals surface area contributed by atoms with Crippen molar-refractivity contribution in [3.63, 3.8) is 0 Å². The summed E-state index contributed by atoms with van der Waals surface area (Å²) in [5.41, 5.74) is 2.35. The Balaban J connectivity index is 1.45. The Bertz CT molecular complexity index is 1920. The number of aromatic nitrogens is 2. The van der Waals surface area contributed by atoms with Gasteiger partial charge in [-0.15, -0.1) is 11.3 Å². The molecule has 2 aromatic heterocycles. The van der Waals surface area contributed by atoms with Crippen molar-refractivity contribution in [1.82, 2.24) is 20.2 Å². The Hall–Kier alpha value is -3.58. The van der Waals surface area contributed by atoms with Crippen LogP contribution in [0.5, 0.6) is 11.9 Å². The molecule has 46 heavy (non-hydrogen) atoms. The molecule has 3 saturated heterocycles. The summed E-state index contributed by atoms with van der Waals surface area (Å²) < 4.78 is 101. The van der Waals surface area contributed by atoms with Crippen LogP contribution in [0.25, 0.3) is 32.1 Å². The van der Waals surface area contributed by atoms with Crippen molar-refractivity contribution in [2.45, 2.75) is 49.4 Å². The van der Waals surface area contributed by atoms with Crippen molar-refractivity contribution in [1.29, 1.82) is 5.26 Å². The van der Waals surface area contributed by atoms with Gasteiger partial charge in [0.1, 0.15) is 35.8 Å². The van der Waals surface area contributed by atoms with E-state index >= 15 is 13.2 Å². The molecule has 4 atom stereocenters. The van der Waals surface area contributed by atoms with Crippen LogP contribution in [0.15, 0.2) is 18.2 Å². The summed E-state index contributed by atoms with van der Waals surface area (Å²) in [4.78, 5) is 10.4. The number of ether oxygens (including phenoxy) is 2. The van der Waals surface area contributed by atoms with E-state index in [0.29, 0.717) is 13.0 Å². The van der Waals surface area contributed by atoms with Crippen LogP contribution in [0, 0.1) is 17.1 Å². The van der Waals surface area contributed by atoms with E-state index in [2.05, 4.69) is 15.3 Å². The van der Waals surface area contributed by atoms with Crippen LogP contribution in [0.3, 0.4) is 0 Å². The van der Waals surface area contributed by atoms with Crippen molar-refractivity contribution in [3.8, 4) is 29.1 Å². The quantitative estimate of drug-likeness (QED) is 0.224. The number of thiophene rings is 1. The minimum absolute atomic E-state index is 0.0237. The van der Waals surface area contributed by atoms with E-state index in [1.54, 1.807) is 0 Å². The van der Waals surface area contributed by atoms with Crippen LogP contribution >= 0.6 is 22.9 Å². The highest BCUT2D eigenvalue weighted by atomic mass is 35.5. The molecule has 3 aliphatic rings. The zero-order chi connectivity index (χ0) is 32.5. The van der Waals surface area contributed by atoms with E-state index in [1.165, 1.54) is 0 Å². The molecule has 0 spiro atoms. The minimum Gasteiger partial charge on any atom is -0.469 e. The number of halogens is 7. The van der Waals surface area contributed by atoms with Gasteiger partial charge in [-0.25, -0.2) is 13.2 Å². The van der Waals surface area contributed by atoms with Gasteiger partial charge in [-0.1, -0.05) is 17.7 Å².